The van der Waals surface area contributed by atoms with Gasteiger partial charge in [0.15, 0.2) is 24.7 Å². The molecule has 0 saturated carbocycles. The monoisotopic (exact) mass is 493 g/mol. The van der Waals surface area contributed by atoms with Crippen LogP contribution in [0.5, 0.6) is 28.7 Å². The zero-order valence-electron chi connectivity index (χ0n) is 20.1. The molecule has 0 aliphatic carbocycles. The van der Waals surface area contributed by atoms with E-state index in [4.69, 9.17) is 23.7 Å². The second kappa shape index (κ2) is 13.2. The minimum absolute atomic E-state index is 0.198. The largest absolute Gasteiger partial charge is 0.497 e. The number of benzene rings is 3. The van der Waals surface area contributed by atoms with Gasteiger partial charge in [0.25, 0.3) is 11.8 Å². The second-order valence-corrected chi connectivity index (χ2v) is 7.20. The van der Waals surface area contributed by atoms with Crippen molar-refractivity contribution >= 4 is 23.7 Å². The molecule has 10 heteroatoms. The summed E-state index contributed by atoms with van der Waals surface area (Å²) in [5.74, 6) is 1.78. The van der Waals surface area contributed by atoms with Gasteiger partial charge in [0.2, 0.25) is 0 Å². The minimum atomic E-state index is -0.421. The fourth-order valence-corrected chi connectivity index (χ4v) is 2.99. The molecule has 10 nitrogen and oxygen atoms in total. The third-order valence-electron chi connectivity index (χ3n) is 4.76. The van der Waals surface area contributed by atoms with E-state index in [1.807, 2.05) is 6.07 Å². The van der Waals surface area contributed by atoms with Crippen LogP contribution in [-0.4, -0.2) is 52.6 Å². The first-order valence-corrected chi connectivity index (χ1v) is 10.8. The molecule has 188 valence electrons. The van der Waals surface area contributed by atoms with E-state index in [1.54, 1.807) is 67.8 Å². The predicted octanol–water partition coefficient (Wildman–Crippen LogP) is 3.26. The number of nitrogens with zero attached hydrogens (tertiary/aromatic N) is 1. The lowest BCUT2D eigenvalue weighted by atomic mass is 10.2. The molecule has 3 aromatic rings. The van der Waals surface area contributed by atoms with E-state index in [0.717, 1.165) is 0 Å². The number of methoxy groups -OCH3 is 3. The Labute approximate surface area is 208 Å². The van der Waals surface area contributed by atoms with E-state index in [2.05, 4.69) is 15.8 Å². The highest BCUT2D eigenvalue weighted by Crippen LogP contribution is 2.28. The molecule has 0 heterocycles. The second-order valence-electron chi connectivity index (χ2n) is 7.20. The molecule has 0 radical (unpaired) electrons. The average molecular weight is 494 g/mol. The maximum atomic E-state index is 12.3. The summed E-state index contributed by atoms with van der Waals surface area (Å²) in [6.45, 7) is -0.428. The lowest BCUT2D eigenvalue weighted by Crippen LogP contribution is -2.24. The fourth-order valence-electron chi connectivity index (χ4n) is 2.99. The van der Waals surface area contributed by atoms with Crippen molar-refractivity contribution in [3.8, 4) is 28.7 Å². The average Bonchev–Trinajstić information content (AvgIpc) is 2.91. The molecule has 2 N–H and O–H groups in total. The number of amides is 2. The third-order valence-corrected chi connectivity index (χ3v) is 4.76. The fraction of sp³-hybridized carbons (Fsp3) is 0.192. The standard InChI is InChI=1S/C26H27N3O7/c1-32-19-9-11-20(12-10-19)35-17-26(31)29-27-15-18-8-13-23(24(14-18)34-3)36-16-25(30)28-21-6-4-5-7-22(21)33-2/h4-15H,16-17H2,1-3H3,(H,28,30)(H,29,31)/b27-15+. The Hall–Kier alpha value is -4.73. The van der Waals surface area contributed by atoms with Crippen molar-refractivity contribution in [2.24, 2.45) is 5.10 Å². The van der Waals surface area contributed by atoms with Gasteiger partial charge < -0.3 is 29.0 Å². The maximum Gasteiger partial charge on any atom is 0.277 e. The van der Waals surface area contributed by atoms with Gasteiger partial charge in [-0.25, -0.2) is 5.43 Å². The number of rotatable bonds is 12. The molecule has 0 saturated heterocycles. The normalized spacial score (nSPS) is 10.4. The number of nitrogens with one attached hydrogen (secondary N) is 2. The highest BCUT2D eigenvalue weighted by Gasteiger charge is 2.11. The zero-order valence-corrected chi connectivity index (χ0v) is 20.1. The van der Waals surface area contributed by atoms with Crippen LogP contribution in [0.15, 0.2) is 71.8 Å². The first-order chi connectivity index (χ1) is 17.5. The lowest BCUT2D eigenvalue weighted by molar-refractivity contribution is -0.123. The van der Waals surface area contributed by atoms with Crippen LogP contribution in [0.2, 0.25) is 0 Å². The molecule has 0 aliphatic heterocycles. The lowest BCUT2D eigenvalue weighted by Gasteiger charge is -2.12. The van der Waals surface area contributed by atoms with E-state index < -0.39 is 5.91 Å². The van der Waals surface area contributed by atoms with Gasteiger partial charge in [0.05, 0.1) is 33.2 Å². The first-order valence-electron chi connectivity index (χ1n) is 10.8. The van der Waals surface area contributed by atoms with Gasteiger partial charge in [0, 0.05) is 0 Å². The van der Waals surface area contributed by atoms with Crippen molar-refractivity contribution in [3.05, 3.63) is 72.3 Å². The number of carbonyl (C=O) groups excluding carboxylic acids is 2. The molecule has 0 atom stereocenters. The molecule has 0 aromatic heterocycles. The van der Waals surface area contributed by atoms with Crippen LogP contribution in [0.4, 0.5) is 5.69 Å². The van der Waals surface area contributed by atoms with Gasteiger partial charge in [-0.05, 0) is 60.2 Å². The molecule has 0 unspecified atom stereocenters. The van der Waals surface area contributed by atoms with E-state index in [0.29, 0.717) is 40.0 Å². The van der Waals surface area contributed by atoms with Crippen molar-refractivity contribution in [2.45, 2.75) is 0 Å². The van der Waals surface area contributed by atoms with Crippen LogP contribution >= 0.6 is 0 Å². The summed E-state index contributed by atoms with van der Waals surface area (Å²) in [4.78, 5) is 24.3. The number of hydrogen-bond acceptors (Lipinski definition) is 8. The minimum Gasteiger partial charge on any atom is -0.497 e. The Kier molecular flexibility index (Phi) is 9.51. The molecule has 2 amide bonds. The number of hydrazone groups is 1. The number of anilines is 1. The maximum absolute atomic E-state index is 12.3. The van der Waals surface area contributed by atoms with Crippen LogP contribution < -0.4 is 34.4 Å². The Morgan fingerprint density at radius 3 is 2.17 bits per heavy atom. The Morgan fingerprint density at radius 1 is 0.750 bits per heavy atom. The molecule has 36 heavy (non-hydrogen) atoms. The number of ether oxygens (including phenoxy) is 5. The van der Waals surface area contributed by atoms with Gasteiger partial charge in [-0.15, -0.1) is 0 Å². The van der Waals surface area contributed by atoms with Crippen LogP contribution in [0.1, 0.15) is 5.56 Å². The summed E-state index contributed by atoms with van der Waals surface area (Å²) in [6, 6.07) is 19.0. The number of hydrogen-bond donors (Lipinski definition) is 2. The quantitative estimate of drug-likeness (QED) is 0.294. The smallest absolute Gasteiger partial charge is 0.277 e. The van der Waals surface area contributed by atoms with Crippen LogP contribution in [-0.2, 0) is 9.59 Å². The summed E-state index contributed by atoms with van der Waals surface area (Å²) in [6.07, 6.45) is 1.45. The topological polar surface area (TPSA) is 117 Å². The molecule has 0 aliphatic rings. The summed E-state index contributed by atoms with van der Waals surface area (Å²) in [7, 11) is 4.58. The van der Waals surface area contributed by atoms with Gasteiger partial charge in [0.1, 0.15) is 17.2 Å². The summed E-state index contributed by atoms with van der Waals surface area (Å²) in [5, 5.41) is 6.66. The first kappa shape index (κ1) is 25.9. The SMILES string of the molecule is COc1ccc(OCC(=O)N/N=C/c2ccc(OCC(=O)Nc3ccccc3OC)c(OC)c2)cc1. The van der Waals surface area contributed by atoms with Gasteiger partial charge in [-0.1, -0.05) is 12.1 Å². The number of carbonyl (C=O) groups is 2. The Bertz CT molecular complexity index is 1200. The van der Waals surface area contributed by atoms with Crippen LogP contribution in [0, 0.1) is 0 Å². The summed E-state index contributed by atoms with van der Waals surface area (Å²) >= 11 is 0. The molecular formula is C26H27N3O7. The van der Waals surface area contributed by atoms with E-state index in [9.17, 15) is 9.59 Å². The molecule has 3 rings (SSSR count). The van der Waals surface area contributed by atoms with E-state index >= 15 is 0 Å². The summed E-state index contributed by atoms with van der Waals surface area (Å²) in [5.41, 5.74) is 3.59. The van der Waals surface area contributed by atoms with Crippen molar-refractivity contribution < 1.29 is 33.3 Å². The third kappa shape index (κ3) is 7.66. The summed E-state index contributed by atoms with van der Waals surface area (Å²) < 4.78 is 26.7. The van der Waals surface area contributed by atoms with Gasteiger partial charge in [-0.2, -0.15) is 5.10 Å². The van der Waals surface area contributed by atoms with Crippen LogP contribution in [0.25, 0.3) is 0 Å². The van der Waals surface area contributed by atoms with Gasteiger partial charge in [-0.3, -0.25) is 9.59 Å². The van der Waals surface area contributed by atoms with E-state index in [-0.39, 0.29) is 19.1 Å². The molecule has 0 bridgehead atoms. The van der Waals surface area contributed by atoms with Crippen molar-refractivity contribution in [1.82, 2.24) is 5.43 Å². The van der Waals surface area contributed by atoms with Crippen molar-refractivity contribution in [1.29, 1.82) is 0 Å². The molecule has 0 spiro atoms. The zero-order chi connectivity index (χ0) is 25.8. The molecule has 0 fully saturated rings. The number of para-hydroxylation sites is 2. The Morgan fingerprint density at radius 2 is 1.44 bits per heavy atom. The molecular weight excluding hydrogens is 466 g/mol. The van der Waals surface area contributed by atoms with Crippen molar-refractivity contribution in [3.63, 3.8) is 0 Å². The van der Waals surface area contributed by atoms with Gasteiger partial charge >= 0.3 is 0 Å². The van der Waals surface area contributed by atoms with Crippen molar-refractivity contribution in [2.75, 3.05) is 39.9 Å². The molecule has 3 aromatic carbocycles. The Balaban J connectivity index is 1.48. The van der Waals surface area contributed by atoms with E-state index in [1.165, 1.54) is 20.4 Å². The van der Waals surface area contributed by atoms with Crippen LogP contribution in [0.3, 0.4) is 0 Å². The highest BCUT2D eigenvalue weighted by atomic mass is 16.5. The predicted molar refractivity (Wildman–Crippen MR) is 134 cm³/mol. The highest BCUT2D eigenvalue weighted by molar-refractivity contribution is 5.93.